The number of nitrogens with zero attached hydrogens (tertiary/aromatic N) is 6. The average molecular weight is 483 g/mol. The highest BCUT2D eigenvalue weighted by atomic mass is 16.4. The predicted molar refractivity (Wildman–Crippen MR) is 134 cm³/mol. The van der Waals surface area contributed by atoms with Crippen molar-refractivity contribution in [2.75, 3.05) is 24.1 Å². The SMILES string of the molecule is C=CC(=O)N1CC[C@@H](n2nc(C(=O)Nc3nc4cc(C5=CC=CC5)ccc4o3)c3c(N)ncnc32)C1. The van der Waals surface area contributed by atoms with Crippen molar-refractivity contribution >= 4 is 51.4 Å². The Morgan fingerprint density at radius 2 is 2.17 bits per heavy atom. The van der Waals surface area contributed by atoms with Crippen molar-refractivity contribution in [3.63, 3.8) is 0 Å². The maximum absolute atomic E-state index is 13.3. The van der Waals surface area contributed by atoms with Gasteiger partial charge in [0.15, 0.2) is 16.9 Å². The van der Waals surface area contributed by atoms with E-state index in [9.17, 15) is 9.59 Å². The normalized spacial score (nSPS) is 17.2. The number of likely N-dealkylation sites (tertiary alicyclic amines) is 1. The van der Waals surface area contributed by atoms with Gasteiger partial charge < -0.3 is 15.1 Å². The smallest absolute Gasteiger partial charge is 0.302 e. The number of anilines is 2. The molecule has 2 aliphatic rings. The molecule has 4 aromatic rings. The Morgan fingerprint density at radius 3 is 2.97 bits per heavy atom. The van der Waals surface area contributed by atoms with E-state index in [0.717, 1.165) is 12.0 Å². The molecule has 1 aliphatic carbocycles. The van der Waals surface area contributed by atoms with Crippen LogP contribution in [0.4, 0.5) is 11.8 Å². The van der Waals surface area contributed by atoms with E-state index in [4.69, 9.17) is 10.2 Å². The largest absolute Gasteiger partial charge is 0.423 e. The first-order chi connectivity index (χ1) is 17.5. The minimum Gasteiger partial charge on any atom is -0.423 e. The van der Waals surface area contributed by atoms with E-state index in [0.29, 0.717) is 41.6 Å². The predicted octanol–water partition coefficient (Wildman–Crippen LogP) is 3.10. The van der Waals surface area contributed by atoms with Gasteiger partial charge in [-0.1, -0.05) is 30.9 Å². The van der Waals surface area contributed by atoms with Crippen LogP contribution < -0.4 is 11.1 Å². The quantitative estimate of drug-likeness (QED) is 0.413. The van der Waals surface area contributed by atoms with Gasteiger partial charge in [-0.05, 0) is 42.2 Å². The number of benzene rings is 1. The second-order valence-corrected chi connectivity index (χ2v) is 8.66. The second-order valence-electron chi connectivity index (χ2n) is 8.66. The Kier molecular flexibility index (Phi) is 5.10. The van der Waals surface area contributed by atoms with Crippen LogP contribution in [-0.4, -0.2) is 54.5 Å². The Balaban J connectivity index is 1.31. The molecule has 11 heteroatoms. The summed E-state index contributed by atoms with van der Waals surface area (Å²) >= 11 is 0. The van der Waals surface area contributed by atoms with Crippen molar-refractivity contribution in [1.82, 2.24) is 29.6 Å². The summed E-state index contributed by atoms with van der Waals surface area (Å²) in [6, 6.07) is 5.60. The van der Waals surface area contributed by atoms with Crippen LogP contribution >= 0.6 is 0 Å². The number of amides is 2. The lowest BCUT2D eigenvalue weighted by Gasteiger charge is -2.14. The summed E-state index contributed by atoms with van der Waals surface area (Å²) in [6.07, 6.45) is 10.3. The number of rotatable bonds is 5. The van der Waals surface area contributed by atoms with E-state index in [-0.39, 0.29) is 29.5 Å². The number of nitrogens with one attached hydrogen (secondary N) is 1. The highest BCUT2D eigenvalue weighted by Crippen LogP contribution is 2.30. The summed E-state index contributed by atoms with van der Waals surface area (Å²) in [5.74, 6) is -0.568. The van der Waals surface area contributed by atoms with E-state index in [2.05, 4.69) is 44.1 Å². The van der Waals surface area contributed by atoms with Crippen molar-refractivity contribution in [1.29, 1.82) is 0 Å². The molecule has 0 spiro atoms. The molecule has 0 unspecified atom stereocenters. The number of hydrogen-bond acceptors (Lipinski definition) is 8. The van der Waals surface area contributed by atoms with Gasteiger partial charge in [-0.15, -0.1) is 0 Å². The second kappa shape index (κ2) is 8.45. The zero-order chi connectivity index (χ0) is 24.8. The van der Waals surface area contributed by atoms with Crippen molar-refractivity contribution in [3.8, 4) is 0 Å². The molecule has 11 nitrogen and oxygen atoms in total. The number of nitrogen functional groups attached to an aromatic ring is 1. The summed E-state index contributed by atoms with van der Waals surface area (Å²) in [5.41, 5.74) is 10.0. The Morgan fingerprint density at radius 1 is 1.28 bits per heavy atom. The van der Waals surface area contributed by atoms with Crippen LogP contribution in [0.2, 0.25) is 0 Å². The number of hydrogen-bond donors (Lipinski definition) is 2. The Labute approximate surface area is 205 Å². The number of aromatic nitrogens is 5. The summed E-state index contributed by atoms with van der Waals surface area (Å²) in [5, 5.41) is 7.57. The lowest BCUT2D eigenvalue weighted by molar-refractivity contribution is -0.125. The average Bonchev–Trinajstić information content (AvgIpc) is 3.68. The van der Waals surface area contributed by atoms with E-state index in [1.54, 1.807) is 9.58 Å². The molecule has 1 aliphatic heterocycles. The fourth-order valence-corrected chi connectivity index (χ4v) is 4.68. The van der Waals surface area contributed by atoms with Crippen LogP contribution in [-0.2, 0) is 4.79 Å². The zero-order valence-electron chi connectivity index (χ0n) is 19.2. The molecule has 0 saturated carbocycles. The molecule has 0 radical (unpaired) electrons. The van der Waals surface area contributed by atoms with Crippen molar-refractivity contribution in [2.45, 2.75) is 18.9 Å². The van der Waals surface area contributed by atoms with Gasteiger partial charge in [0.05, 0.1) is 11.4 Å². The number of allylic oxidation sites excluding steroid dienone is 4. The summed E-state index contributed by atoms with van der Waals surface area (Å²) in [7, 11) is 0. The molecule has 6 rings (SSSR count). The molecule has 0 bridgehead atoms. The van der Waals surface area contributed by atoms with Gasteiger partial charge in [-0.25, -0.2) is 14.6 Å². The molecule has 1 saturated heterocycles. The third-order valence-corrected chi connectivity index (χ3v) is 6.48. The van der Waals surface area contributed by atoms with Gasteiger partial charge in [0.25, 0.3) is 5.91 Å². The van der Waals surface area contributed by atoms with Crippen molar-refractivity contribution in [2.24, 2.45) is 0 Å². The molecule has 36 heavy (non-hydrogen) atoms. The molecule has 3 N–H and O–H groups in total. The lowest BCUT2D eigenvalue weighted by Crippen LogP contribution is -2.27. The highest BCUT2D eigenvalue weighted by Gasteiger charge is 2.31. The van der Waals surface area contributed by atoms with Crippen LogP contribution in [0.3, 0.4) is 0 Å². The van der Waals surface area contributed by atoms with Gasteiger partial charge >= 0.3 is 6.01 Å². The minimum atomic E-state index is -0.549. The molecule has 180 valence electrons. The van der Waals surface area contributed by atoms with E-state index in [1.165, 1.54) is 18.0 Å². The third kappa shape index (κ3) is 3.61. The molecule has 2 amide bonds. The summed E-state index contributed by atoms with van der Waals surface area (Å²) in [6.45, 7) is 4.52. The maximum atomic E-state index is 13.3. The first-order valence-corrected chi connectivity index (χ1v) is 11.5. The number of fused-ring (bicyclic) bond motifs is 2. The monoisotopic (exact) mass is 482 g/mol. The number of carbonyl (C=O) groups is 2. The van der Waals surface area contributed by atoms with Gasteiger partial charge in [0.1, 0.15) is 17.7 Å². The van der Waals surface area contributed by atoms with Crippen molar-refractivity contribution in [3.05, 3.63) is 66.7 Å². The van der Waals surface area contributed by atoms with Gasteiger partial charge in [0, 0.05) is 13.1 Å². The zero-order valence-corrected chi connectivity index (χ0v) is 19.2. The highest BCUT2D eigenvalue weighted by molar-refractivity contribution is 6.12. The van der Waals surface area contributed by atoms with Crippen LogP contribution in [0.1, 0.15) is 34.9 Å². The standard InChI is InChI=1S/C25H22N8O3/c1-2-19(34)32-10-9-16(12-32)33-23-20(22(26)27-13-28-23)21(31-33)24(35)30-25-29-17-11-15(7-8-18(17)36-25)14-5-3-4-6-14/h2-5,7-8,11,13,16H,1,6,9-10,12H2,(H2,26,27,28)(H,29,30,35)/t16-/m1/s1. The van der Waals surface area contributed by atoms with Gasteiger partial charge in [0.2, 0.25) is 5.91 Å². The summed E-state index contributed by atoms with van der Waals surface area (Å²) in [4.78, 5) is 39.8. The molecular formula is C25H22N8O3. The number of nitrogens with two attached hydrogens (primary N) is 1. The van der Waals surface area contributed by atoms with Crippen LogP contribution in [0, 0.1) is 0 Å². The Bertz CT molecular complexity index is 1610. The van der Waals surface area contributed by atoms with E-state index in [1.807, 2.05) is 24.3 Å². The fourth-order valence-electron chi connectivity index (χ4n) is 4.68. The fraction of sp³-hybridized carbons (Fsp3) is 0.200. The minimum absolute atomic E-state index is 0.0485. The Hall–Kier alpha value is -4.80. The topological polar surface area (TPSA) is 145 Å². The molecular weight excluding hydrogens is 460 g/mol. The molecule has 4 heterocycles. The van der Waals surface area contributed by atoms with E-state index < -0.39 is 5.91 Å². The third-order valence-electron chi connectivity index (χ3n) is 6.48. The van der Waals surface area contributed by atoms with Gasteiger partial charge in [-0.2, -0.15) is 10.1 Å². The lowest BCUT2D eigenvalue weighted by atomic mass is 10.1. The van der Waals surface area contributed by atoms with Gasteiger partial charge in [-0.3, -0.25) is 14.9 Å². The maximum Gasteiger partial charge on any atom is 0.302 e. The molecule has 1 aromatic carbocycles. The molecule has 1 atom stereocenters. The number of carbonyl (C=O) groups excluding carboxylic acids is 2. The summed E-state index contributed by atoms with van der Waals surface area (Å²) < 4.78 is 7.39. The molecule has 1 fully saturated rings. The van der Waals surface area contributed by atoms with Crippen LogP contribution in [0.25, 0.3) is 27.7 Å². The first-order valence-electron chi connectivity index (χ1n) is 11.5. The molecule has 3 aromatic heterocycles. The van der Waals surface area contributed by atoms with Crippen LogP contribution in [0.15, 0.2) is 59.8 Å². The van der Waals surface area contributed by atoms with E-state index >= 15 is 0 Å². The number of oxazole rings is 1. The first kappa shape index (κ1) is 21.7. The van der Waals surface area contributed by atoms with Crippen molar-refractivity contribution < 1.29 is 14.0 Å². The van der Waals surface area contributed by atoms with Crippen LogP contribution in [0.5, 0.6) is 0 Å².